The van der Waals surface area contributed by atoms with Crippen LogP contribution in [0.2, 0.25) is 0 Å². The zero-order chi connectivity index (χ0) is 16.9. The van der Waals surface area contributed by atoms with E-state index in [9.17, 15) is 8.42 Å². The fourth-order valence-corrected chi connectivity index (χ4v) is 2.99. The first kappa shape index (κ1) is 20.5. The van der Waals surface area contributed by atoms with Gasteiger partial charge in [0, 0.05) is 5.33 Å². The fourth-order valence-electron chi connectivity index (χ4n) is 1.94. The lowest BCUT2D eigenvalue weighted by molar-refractivity contribution is 0.469. The van der Waals surface area contributed by atoms with Crippen molar-refractivity contribution >= 4 is 48.6 Å². The van der Waals surface area contributed by atoms with E-state index in [2.05, 4.69) is 27.2 Å². The van der Waals surface area contributed by atoms with E-state index in [0.29, 0.717) is 16.8 Å². The van der Waals surface area contributed by atoms with Crippen LogP contribution in [0.5, 0.6) is 11.5 Å². The standard InChI is InChI=1S/C16H15BrN2O3S.BrH/c1-2-8-19-14-9-12(11-17)10-15(23(18,20)21)16(14)22-13-6-4-3-5-7-13;/h1,3-7,9-10,19H,8,11H2,(H2,18,20,21);1H. The number of halogens is 2. The molecule has 2 rings (SSSR count). The molecule has 0 spiro atoms. The van der Waals surface area contributed by atoms with Gasteiger partial charge in [0.05, 0.1) is 12.2 Å². The lowest BCUT2D eigenvalue weighted by Gasteiger charge is -2.16. The van der Waals surface area contributed by atoms with Gasteiger partial charge in [-0.1, -0.05) is 40.0 Å². The molecule has 0 fully saturated rings. The van der Waals surface area contributed by atoms with Crippen molar-refractivity contribution in [3.63, 3.8) is 0 Å². The summed E-state index contributed by atoms with van der Waals surface area (Å²) in [7, 11) is -3.97. The molecule has 0 heterocycles. The Labute approximate surface area is 160 Å². The second-order valence-electron chi connectivity index (χ2n) is 4.62. The van der Waals surface area contributed by atoms with E-state index in [-0.39, 0.29) is 34.2 Å². The van der Waals surface area contributed by atoms with Crippen LogP contribution in [-0.4, -0.2) is 15.0 Å². The van der Waals surface area contributed by atoms with Crippen LogP contribution in [-0.2, 0) is 15.4 Å². The Bertz CT molecular complexity index is 834. The molecule has 0 aromatic heterocycles. The number of ether oxygens (including phenoxy) is 1. The quantitative estimate of drug-likeness (QED) is 0.493. The monoisotopic (exact) mass is 474 g/mol. The minimum absolute atomic E-state index is 0. The Kier molecular flexibility index (Phi) is 7.76. The predicted molar refractivity (Wildman–Crippen MR) is 105 cm³/mol. The Morgan fingerprint density at radius 2 is 1.92 bits per heavy atom. The number of alkyl halides is 1. The Balaban J connectivity index is 0.00000288. The van der Waals surface area contributed by atoms with Crippen LogP contribution in [0.3, 0.4) is 0 Å². The molecule has 0 aliphatic rings. The second kappa shape index (κ2) is 9.08. The van der Waals surface area contributed by atoms with Gasteiger partial charge in [-0.05, 0) is 29.8 Å². The van der Waals surface area contributed by atoms with Gasteiger partial charge in [0.2, 0.25) is 10.0 Å². The number of primary sulfonamides is 1. The maximum absolute atomic E-state index is 12.0. The van der Waals surface area contributed by atoms with Crippen molar-refractivity contribution in [2.24, 2.45) is 5.14 Å². The zero-order valence-electron chi connectivity index (χ0n) is 12.5. The van der Waals surface area contributed by atoms with Gasteiger partial charge >= 0.3 is 0 Å². The summed E-state index contributed by atoms with van der Waals surface area (Å²) >= 11 is 3.31. The van der Waals surface area contributed by atoms with E-state index in [1.165, 1.54) is 6.07 Å². The van der Waals surface area contributed by atoms with E-state index >= 15 is 0 Å². The van der Waals surface area contributed by atoms with Crippen molar-refractivity contribution < 1.29 is 13.2 Å². The molecule has 128 valence electrons. The Hall–Kier alpha value is -1.53. The van der Waals surface area contributed by atoms with Crippen molar-refractivity contribution in [1.29, 1.82) is 0 Å². The van der Waals surface area contributed by atoms with Crippen molar-refractivity contribution in [3.8, 4) is 23.8 Å². The van der Waals surface area contributed by atoms with Crippen LogP contribution >= 0.6 is 32.9 Å². The first-order valence-corrected chi connectivity index (χ1v) is 9.28. The molecule has 3 N–H and O–H groups in total. The molecule has 0 aliphatic carbocycles. The van der Waals surface area contributed by atoms with Crippen molar-refractivity contribution in [3.05, 3.63) is 48.0 Å². The molecule has 0 radical (unpaired) electrons. The summed E-state index contributed by atoms with van der Waals surface area (Å²) in [6.45, 7) is 0.223. The number of terminal acetylenes is 1. The van der Waals surface area contributed by atoms with E-state index < -0.39 is 10.0 Å². The Morgan fingerprint density at radius 1 is 1.25 bits per heavy atom. The molecule has 0 bridgehead atoms. The van der Waals surface area contributed by atoms with Crippen LogP contribution in [0.15, 0.2) is 47.4 Å². The summed E-state index contributed by atoms with van der Waals surface area (Å²) in [6.07, 6.45) is 5.27. The molecule has 24 heavy (non-hydrogen) atoms. The number of hydrogen-bond acceptors (Lipinski definition) is 4. The molecule has 0 atom stereocenters. The lowest BCUT2D eigenvalue weighted by Crippen LogP contribution is -2.15. The van der Waals surface area contributed by atoms with Gasteiger partial charge in [-0.25, -0.2) is 13.6 Å². The average molecular weight is 476 g/mol. The highest BCUT2D eigenvalue weighted by molar-refractivity contribution is 9.08. The van der Waals surface area contributed by atoms with E-state index in [0.717, 1.165) is 5.56 Å². The molecule has 8 heteroatoms. The van der Waals surface area contributed by atoms with Crippen molar-refractivity contribution in [2.75, 3.05) is 11.9 Å². The number of hydrogen-bond donors (Lipinski definition) is 2. The van der Waals surface area contributed by atoms with Crippen LogP contribution < -0.4 is 15.2 Å². The summed E-state index contributed by atoms with van der Waals surface area (Å²) < 4.78 is 29.7. The molecule has 5 nitrogen and oxygen atoms in total. The van der Waals surface area contributed by atoms with Crippen molar-refractivity contribution in [2.45, 2.75) is 10.2 Å². The topological polar surface area (TPSA) is 81.4 Å². The molecule has 0 unspecified atom stereocenters. The number of rotatable bonds is 6. The van der Waals surface area contributed by atoms with Gasteiger partial charge in [-0.2, -0.15) is 0 Å². The number of nitrogens with one attached hydrogen (secondary N) is 1. The molecule has 0 saturated heterocycles. The second-order valence-corrected chi connectivity index (χ2v) is 6.71. The molecular weight excluding hydrogens is 460 g/mol. The van der Waals surface area contributed by atoms with Crippen LogP contribution in [0.4, 0.5) is 5.69 Å². The van der Waals surface area contributed by atoms with Crippen LogP contribution in [0.1, 0.15) is 5.56 Å². The maximum Gasteiger partial charge on any atom is 0.241 e. The molecule has 0 saturated carbocycles. The van der Waals surface area contributed by atoms with E-state index in [1.807, 2.05) is 6.07 Å². The summed E-state index contributed by atoms with van der Waals surface area (Å²) in [5, 5.41) is 8.77. The molecule has 0 aliphatic heterocycles. The first-order chi connectivity index (χ1) is 11.0. The summed E-state index contributed by atoms with van der Waals surface area (Å²) in [5.74, 6) is 3.06. The van der Waals surface area contributed by atoms with Gasteiger partial charge in [0.25, 0.3) is 0 Å². The third kappa shape index (κ3) is 5.24. The predicted octanol–water partition coefficient (Wildman–Crippen LogP) is 3.64. The van der Waals surface area contributed by atoms with Gasteiger partial charge in [-0.15, -0.1) is 23.4 Å². The number of sulfonamides is 1. The normalized spacial score (nSPS) is 10.4. The zero-order valence-corrected chi connectivity index (χ0v) is 16.6. The Morgan fingerprint density at radius 3 is 2.46 bits per heavy atom. The number of benzene rings is 2. The summed E-state index contributed by atoms with van der Waals surface area (Å²) in [6, 6.07) is 12.1. The number of para-hydroxylation sites is 1. The number of nitrogens with two attached hydrogens (primary N) is 1. The lowest BCUT2D eigenvalue weighted by atomic mass is 10.2. The highest BCUT2D eigenvalue weighted by Gasteiger charge is 2.21. The highest BCUT2D eigenvalue weighted by atomic mass is 79.9. The summed E-state index contributed by atoms with van der Waals surface area (Å²) in [5.41, 5.74) is 1.20. The van der Waals surface area contributed by atoms with Gasteiger partial charge < -0.3 is 10.1 Å². The fraction of sp³-hybridized carbons (Fsp3) is 0.125. The molecule has 0 amide bonds. The molecule has 2 aromatic carbocycles. The molecule has 2 aromatic rings. The van der Waals surface area contributed by atoms with E-state index in [4.69, 9.17) is 16.3 Å². The van der Waals surface area contributed by atoms with Gasteiger partial charge in [-0.3, -0.25) is 0 Å². The average Bonchev–Trinajstić information content (AvgIpc) is 2.53. The van der Waals surface area contributed by atoms with Crippen molar-refractivity contribution in [1.82, 2.24) is 0 Å². The van der Waals surface area contributed by atoms with Crippen LogP contribution in [0, 0.1) is 12.3 Å². The third-order valence-electron chi connectivity index (χ3n) is 2.92. The van der Waals surface area contributed by atoms with Crippen LogP contribution in [0.25, 0.3) is 0 Å². The minimum Gasteiger partial charge on any atom is -0.454 e. The van der Waals surface area contributed by atoms with Gasteiger partial charge in [0.15, 0.2) is 5.75 Å². The minimum atomic E-state index is -3.97. The summed E-state index contributed by atoms with van der Waals surface area (Å²) in [4.78, 5) is -0.0992. The third-order valence-corrected chi connectivity index (χ3v) is 4.48. The largest absolute Gasteiger partial charge is 0.454 e. The van der Waals surface area contributed by atoms with E-state index in [1.54, 1.807) is 30.3 Å². The SMILES string of the molecule is Br.C#CCNc1cc(CBr)cc(S(N)(=O)=O)c1Oc1ccccc1. The van der Waals surface area contributed by atoms with Gasteiger partial charge in [0.1, 0.15) is 10.6 Å². The highest BCUT2D eigenvalue weighted by Crippen LogP contribution is 2.37. The number of anilines is 1. The first-order valence-electron chi connectivity index (χ1n) is 6.61. The smallest absolute Gasteiger partial charge is 0.241 e. The maximum atomic E-state index is 12.0. The molecular formula is C16H16Br2N2O3S.